The monoisotopic (exact) mass is 744 g/mol. The summed E-state index contributed by atoms with van der Waals surface area (Å²) < 4.78 is 38.3. The second-order valence-electron chi connectivity index (χ2n) is 10.4. The maximum Gasteiger partial charge on any atom is 0.269 e. The van der Waals surface area contributed by atoms with Crippen LogP contribution in [0.15, 0.2) is 103 Å². The minimum atomic E-state index is -3.69. The summed E-state index contributed by atoms with van der Waals surface area (Å²) in [5.74, 6) is 1.18. The summed E-state index contributed by atoms with van der Waals surface area (Å²) in [4.78, 5) is 20.8. The lowest BCUT2D eigenvalue weighted by Crippen LogP contribution is -2.12. The molecule has 1 aromatic carbocycles. The highest BCUT2D eigenvalue weighted by molar-refractivity contribution is 14.1. The molecular weight excluding hydrogens is 715 g/mol. The molecule has 0 aliphatic heterocycles. The third-order valence-corrected chi connectivity index (χ3v) is 9.70. The van der Waals surface area contributed by atoms with Gasteiger partial charge in [0.05, 0.1) is 22.8 Å². The molecule has 46 heavy (non-hydrogen) atoms. The Hall–Kier alpha value is -4.82. The fourth-order valence-electron chi connectivity index (χ4n) is 5.06. The van der Waals surface area contributed by atoms with Gasteiger partial charge in [0.2, 0.25) is 11.8 Å². The first-order chi connectivity index (χ1) is 22.2. The zero-order chi connectivity index (χ0) is 32.4. The molecule has 6 aromatic heterocycles. The van der Waals surface area contributed by atoms with Crippen molar-refractivity contribution in [3.8, 4) is 34.0 Å². The van der Waals surface area contributed by atoms with Crippen molar-refractivity contribution in [2.75, 3.05) is 14.2 Å². The zero-order valence-corrected chi connectivity index (χ0v) is 28.4. The summed E-state index contributed by atoms with van der Waals surface area (Å²) >= 11 is 2.25. The summed E-state index contributed by atoms with van der Waals surface area (Å²) in [5, 5.41) is 1.85. The topological polar surface area (TPSA) is 125 Å². The molecule has 7 rings (SSSR count). The van der Waals surface area contributed by atoms with Crippen molar-refractivity contribution in [2.45, 2.75) is 18.7 Å². The van der Waals surface area contributed by atoms with Crippen LogP contribution >= 0.6 is 22.6 Å². The van der Waals surface area contributed by atoms with Crippen LogP contribution in [0.1, 0.15) is 11.1 Å². The van der Waals surface area contributed by atoms with Crippen molar-refractivity contribution in [3.05, 3.63) is 113 Å². The van der Waals surface area contributed by atoms with Gasteiger partial charge in [0.15, 0.2) is 5.65 Å². The Morgan fingerprint density at radius 3 is 1.89 bits per heavy atom. The number of fused-ring (bicyclic) bond motifs is 2. The zero-order valence-electron chi connectivity index (χ0n) is 25.4. The fraction of sp³-hybridized carbons (Fsp3) is 0.118. The molecule has 0 unspecified atom stereocenters. The number of nitrogens with one attached hydrogen (secondary N) is 1. The van der Waals surface area contributed by atoms with Crippen LogP contribution in [0.2, 0.25) is 0 Å². The number of pyridine rings is 4. The van der Waals surface area contributed by atoms with Gasteiger partial charge in [-0.05, 0) is 84.0 Å². The first-order valence-electron chi connectivity index (χ1n) is 14.1. The molecule has 0 saturated heterocycles. The van der Waals surface area contributed by atoms with Crippen LogP contribution in [0.3, 0.4) is 0 Å². The summed E-state index contributed by atoms with van der Waals surface area (Å²) in [6, 6.07) is 20.0. The van der Waals surface area contributed by atoms with Gasteiger partial charge in [-0.1, -0.05) is 18.2 Å². The van der Waals surface area contributed by atoms with E-state index < -0.39 is 10.0 Å². The fourth-order valence-corrected chi connectivity index (χ4v) is 6.99. The van der Waals surface area contributed by atoms with Gasteiger partial charge in [-0.25, -0.2) is 32.3 Å². The average molecular weight is 745 g/mol. The Balaban J connectivity index is 0.000000172. The standard InChI is InChI=1S/C20H17N3O3S.C14H12IN3O/c1-14-10-19(26-2)21-13-18(14)16-11-15-8-9-23(20(15)22-12-16)27(24,25)17-6-4-3-5-7-17;1-8-3-13(19-2)16-7-11(8)10-4-9-5-12(15)18-14(9)17-6-10/h3-13H,1-2H3;3-7H,1-2H3,(H,17,18). The van der Waals surface area contributed by atoms with E-state index in [0.29, 0.717) is 17.4 Å². The van der Waals surface area contributed by atoms with Crippen molar-refractivity contribution < 1.29 is 17.9 Å². The average Bonchev–Trinajstić information content (AvgIpc) is 3.67. The lowest BCUT2D eigenvalue weighted by atomic mass is 10.0. The number of aromatic nitrogens is 6. The number of hydrogen-bond donors (Lipinski definition) is 1. The predicted octanol–water partition coefficient (Wildman–Crippen LogP) is 7.20. The van der Waals surface area contributed by atoms with Crippen molar-refractivity contribution >= 4 is 54.7 Å². The van der Waals surface area contributed by atoms with Gasteiger partial charge in [0.25, 0.3) is 10.0 Å². The Bertz CT molecular complexity index is 2300. The highest BCUT2D eigenvalue weighted by Gasteiger charge is 2.20. The molecular formula is C34H29IN6O4S. The number of benzene rings is 1. The maximum atomic E-state index is 12.9. The Labute approximate surface area is 279 Å². The number of methoxy groups -OCH3 is 2. The molecule has 0 fully saturated rings. The third kappa shape index (κ3) is 6.17. The number of aromatic amines is 1. The van der Waals surface area contributed by atoms with E-state index in [1.165, 1.54) is 10.2 Å². The van der Waals surface area contributed by atoms with E-state index in [0.717, 1.165) is 53.5 Å². The van der Waals surface area contributed by atoms with Crippen LogP contribution in [0.25, 0.3) is 44.3 Å². The highest BCUT2D eigenvalue weighted by Crippen LogP contribution is 2.29. The van der Waals surface area contributed by atoms with Crippen LogP contribution in [0.5, 0.6) is 11.8 Å². The van der Waals surface area contributed by atoms with Gasteiger partial charge in [-0.15, -0.1) is 0 Å². The predicted molar refractivity (Wildman–Crippen MR) is 187 cm³/mol. The molecule has 0 atom stereocenters. The lowest BCUT2D eigenvalue weighted by molar-refractivity contribution is 0.397. The lowest BCUT2D eigenvalue weighted by Gasteiger charge is -2.09. The van der Waals surface area contributed by atoms with Crippen molar-refractivity contribution in [1.29, 1.82) is 0 Å². The van der Waals surface area contributed by atoms with Gasteiger partial charge in [0.1, 0.15) is 5.65 Å². The molecule has 6 heterocycles. The van der Waals surface area contributed by atoms with Crippen LogP contribution < -0.4 is 9.47 Å². The van der Waals surface area contributed by atoms with E-state index in [2.05, 4.69) is 59.6 Å². The quantitative estimate of drug-likeness (QED) is 0.178. The molecule has 12 heteroatoms. The molecule has 0 spiro atoms. The SMILES string of the molecule is COc1cc(C)c(-c2cnc3[nH]c(I)cc3c2)cn1.COc1cc(C)c(-c2cnc3c(ccn3S(=O)(=O)c3ccccc3)c2)cn1. The van der Waals surface area contributed by atoms with Crippen molar-refractivity contribution in [2.24, 2.45) is 0 Å². The van der Waals surface area contributed by atoms with E-state index in [9.17, 15) is 8.42 Å². The van der Waals surface area contributed by atoms with Crippen LogP contribution in [0, 0.1) is 17.5 Å². The maximum absolute atomic E-state index is 12.9. The van der Waals surface area contributed by atoms with Crippen LogP contribution in [0.4, 0.5) is 0 Å². The number of H-pyrrole nitrogens is 1. The smallest absolute Gasteiger partial charge is 0.269 e. The molecule has 0 amide bonds. The van der Waals surface area contributed by atoms with E-state index in [-0.39, 0.29) is 4.90 Å². The molecule has 10 nitrogen and oxygen atoms in total. The van der Waals surface area contributed by atoms with Crippen molar-refractivity contribution in [3.63, 3.8) is 0 Å². The minimum absolute atomic E-state index is 0.226. The van der Waals surface area contributed by atoms with Gasteiger partial charge < -0.3 is 14.5 Å². The number of halogens is 1. The largest absolute Gasteiger partial charge is 0.481 e. The molecule has 0 radical (unpaired) electrons. The third-order valence-electron chi connectivity index (χ3n) is 7.44. The molecule has 0 aliphatic carbocycles. The number of ether oxygens (including phenoxy) is 2. The summed E-state index contributed by atoms with van der Waals surface area (Å²) in [7, 11) is -0.495. The van der Waals surface area contributed by atoms with Gasteiger partial charge in [-0.2, -0.15) is 0 Å². The summed E-state index contributed by atoms with van der Waals surface area (Å²) in [6.45, 7) is 4.01. The second-order valence-corrected chi connectivity index (χ2v) is 13.4. The number of aryl methyl sites for hydroxylation is 2. The van der Waals surface area contributed by atoms with Crippen LogP contribution in [-0.2, 0) is 10.0 Å². The molecule has 7 aromatic rings. The molecule has 0 bridgehead atoms. The minimum Gasteiger partial charge on any atom is -0.481 e. The first-order valence-corrected chi connectivity index (χ1v) is 16.6. The Kier molecular flexibility index (Phi) is 8.73. The van der Waals surface area contributed by atoms with Crippen LogP contribution in [-0.4, -0.2) is 51.5 Å². The summed E-state index contributed by atoms with van der Waals surface area (Å²) in [6.07, 6.45) is 8.62. The van der Waals surface area contributed by atoms with Crippen molar-refractivity contribution in [1.82, 2.24) is 28.9 Å². The Morgan fingerprint density at radius 1 is 0.717 bits per heavy atom. The van der Waals surface area contributed by atoms with E-state index in [1.807, 2.05) is 44.4 Å². The number of rotatable bonds is 6. The van der Waals surface area contributed by atoms with E-state index >= 15 is 0 Å². The number of nitrogens with zero attached hydrogens (tertiary/aromatic N) is 5. The molecule has 232 valence electrons. The second kappa shape index (κ2) is 12.9. The molecule has 1 N–H and O–H groups in total. The molecule has 0 saturated carbocycles. The van der Waals surface area contributed by atoms with Gasteiger partial charge in [-0.3, -0.25) is 0 Å². The molecule has 0 aliphatic rings. The first kappa shape index (κ1) is 31.2. The summed E-state index contributed by atoms with van der Waals surface area (Å²) in [5.41, 5.74) is 7.35. The highest BCUT2D eigenvalue weighted by atomic mass is 127. The Morgan fingerprint density at radius 2 is 1.30 bits per heavy atom. The number of hydrogen-bond acceptors (Lipinski definition) is 8. The normalized spacial score (nSPS) is 11.3. The van der Waals surface area contributed by atoms with Gasteiger partial charge >= 0.3 is 0 Å². The van der Waals surface area contributed by atoms with Gasteiger partial charge in [0, 0.05) is 76.1 Å². The van der Waals surface area contributed by atoms with E-state index in [4.69, 9.17) is 9.47 Å². The van der Waals surface area contributed by atoms with E-state index in [1.54, 1.807) is 63.0 Å².